The number of carbonyl (C=O) groups is 2. The Labute approximate surface area is 119 Å². The molecule has 1 atom stereocenters. The molecule has 0 aliphatic heterocycles. The Kier molecular flexibility index (Phi) is 6.73. The molecule has 0 spiro atoms. The Morgan fingerprint density at radius 3 is 2.40 bits per heavy atom. The van der Waals surface area contributed by atoms with Gasteiger partial charge in [0.05, 0.1) is 0 Å². The van der Waals surface area contributed by atoms with Crippen molar-refractivity contribution < 1.29 is 14.7 Å². The lowest BCUT2D eigenvalue weighted by molar-refractivity contribution is -0.142. The van der Waals surface area contributed by atoms with E-state index >= 15 is 0 Å². The van der Waals surface area contributed by atoms with Crippen LogP contribution in [-0.2, 0) is 9.59 Å². The number of nitrogens with one attached hydrogen (secondary N) is 2. The topological polar surface area (TPSA) is 78.4 Å². The Hall–Kier alpha value is -1.88. The minimum Gasteiger partial charge on any atom is -0.479 e. The predicted octanol–water partition coefficient (Wildman–Crippen LogP) is 1.71. The van der Waals surface area contributed by atoms with Gasteiger partial charge in [-0.15, -0.1) is 0 Å². The van der Waals surface area contributed by atoms with E-state index in [-0.39, 0.29) is 5.91 Å². The number of carbonyl (C=O) groups excluding carboxylic acids is 1. The molecule has 0 saturated heterocycles. The van der Waals surface area contributed by atoms with E-state index in [2.05, 4.69) is 10.6 Å². The van der Waals surface area contributed by atoms with Gasteiger partial charge in [0, 0.05) is 12.5 Å². The summed E-state index contributed by atoms with van der Waals surface area (Å²) in [7, 11) is 0. The second-order valence-corrected chi connectivity index (χ2v) is 4.96. The van der Waals surface area contributed by atoms with Gasteiger partial charge in [-0.25, -0.2) is 4.79 Å². The number of rotatable bonds is 8. The first kappa shape index (κ1) is 16.2. The number of aliphatic carboxylic acids is 1. The van der Waals surface area contributed by atoms with Crippen molar-refractivity contribution >= 4 is 11.9 Å². The fourth-order valence-electron chi connectivity index (χ4n) is 1.81. The van der Waals surface area contributed by atoms with Crippen LogP contribution < -0.4 is 10.6 Å². The predicted molar refractivity (Wildman–Crippen MR) is 77.3 cm³/mol. The van der Waals surface area contributed by atoms with Crippen molar-refractivity contribution in [1.82, 2.24) is 10.6 Å². The molecule has 0 aliphatic carbocycles. The van der Waals surface area contributed by atoms with Gasteiger partial charge < -0.3 is 15.7 Å². The van der Waals surface area contributed by atoms with Crippen LogP contribution in [0.2, 0.25) is 0 Å². The highest BCUT2D eigenvalue weighted by molar-refractivity contribution is 5.84. The van der Waals surface area contributed by atoms with Gasteiger partial charge in [0.2, 0.25) is 5.91 Å². The molecule has 1 aromatic carbocycles. The molecule has 0 saturated carbocycles. The first-order chi connectivity index (χ1) is 9.50. The molecule has 0 aliphatic rings. The summed E-state index contributed by atoms with van der Waals surface area (Å²) in [6.45, 7) is 4.82. The Bertz CT molecular complexity index is 432. The zero-order valence-electron chi connectivity index (χ0n) is 11.9. The van der Waals surface area contributed by atoms with Gasteiger partial charge in [0.25, 0.3) is 0 Å². The van der Waals surface area contributed by atoms with E-state index < -0.39 is 12.0 Å². The lowest BCUT2D eigenvalue weighted by atomic mass is 10.1. The molecule has 0 radical (unpaired) electrons. The molecule has 0 fully saturated rings. The van der Waals surface area contributed by atoms with E-state index in [1.807, 2.05) is 19.9 Å². The third-order valence-corrected chi connectivity index (χ3v) is 2.82. The molecular formula is C15H22N2O3. The average Bonchev–Trinajstić information content (AvgIpc) is 2.41. The van der Waals surface area contributed by atoms with Crippen LogP contribution in [0.1, 0.15) is 38.3 Å². The molecule has 0 bridgehead atoms. The van der Waals surface area contributed by atoms with Crippen LogP contribution in [-0.4, -0.2) is 29.6 Å². The van der Waals surface area contributed by atoms with Gasteiger partial charge in [0.15, 0.2) is 6.04 Å². The Morgan fingerprint density at radius 2 is 1.85 bits per heavy atom. The fourth-order valence-corrected chi connectivity index (χ4v) is 1.81. The zero-order chi connectivity index (χ0) is 15.0. The van der Waals surface area contributed by atoms with Crippen molar-refractivity contribution in [3.8, 4) is 0 Å². The third kappa shape index (κ3) is 5.84. The summed E-state index contributed by atoms with van der Waals surface area (Å²) in [6, 6.07) is 8.10. The molecule has 0 aromatic heterocycles. The summed E-state index contributed by atoms with van der Waals surface area (Å²) in [5.41, 5.74) is 0.577. The summed E-state index contributed by atoms with van der Waals surface area (Å²) in [5.74, 6) is -1.29. The average molecular weight is 278 g/mol. The quantitative estimate of drug-likeness (QED) is 0.633. The number of carboxylic acid groups (broad SMARTS) is 1. The normalized spacial score (nSPS) is 12.2. The van der Waals surface area contributed by atoms with Gasteiger partial charge in [-0.05, 0) is 18.5 Å². The van der Waals surface area contributed by atoms with Crippen molar-refractivity contribution in [2.45, 2.75) is 38.8 Å². The Balaban J connectivity index is 2.46. The molecule has 1 amide bonds. The highest BCUT2D eigenvalue weighted by atomic mass is 16.4. The van der Waals surface area contributed by atoms with Crippen LogP contribution in [0.25, 0.3) is 0 Å². The minimum absolute atomic E-state index is 0.244. The van der Waals surface area contributed by atoms with Gasteiger partial charge in [0.1, 0.15) is 0 Å². The van der Waals surface area contributed by atoms with Crippen LogP contribution in [0.4, 0.5) is 0 Å². The van der Waals surface area contributed by atoms with Crippen LogP contribution in [0.3, 0.4) is 0 Å². The van der Waals surface area contributed by atoms with E-state index in [9.17, 15) is 14.7 Å². The molecule has 0 heterocycles. The summed E-state index contributed by atoms with van der Waals surface area (Å²) >= 11 is 0. The molecule has 3 N–H and O–H groups in total. The number of benzene rings is 1. The molecule has 1 aromatic rings. The molecule has 110 valence electrons. The maximum atomic E-state index is 11.8. The van der Waals surface area contributed by atoms with Crippen molar-refractivity contribution in [1.29, 1.82) is 0 Å². The van der Waals surface area contributed by atoms with Crippen LogP contribution in [0, 0.1) is 0 Å². The summed E-state index contributed by atoms with van der Waals surface area (Å²) in [6.07, 6.45) is 1.00. The standard InChI is InChI=1S/C15H22N2O3/c1-11(2)16-10-6-9-13(18)17-14(15(19)20)12-7-4-3-5-8-12/h3-5,7-8,11,14,16H,6,9-10H2,1-2H3,(H,17,18)(H,19,20). The van der Waals surface area contributed by atoms with Crippen molar-refractivity contribution in [2.75, 3.05) is 6.54 Å². The van der Waals surface area contributed by atoms with E-state index in [1.54, 1.807) is 24.3 Å². The molecule has 5 nitrogen and oxygen atoms in total. The smallest absolute Gasteiger partial charge is 0.330 e. The highest BCUT2D eigenvalue weighted by Gasteiger charge is 2.21. The zero-order valence-corrected chi connectivity index (χ0v) is 11.9. The van der Waals surface area contributed by atoms with Gasteiger partial charge in [-0.2, -0.15) is 0 Å². The van der Waals surface area contributed by atoms with Gasteiger partial charge in [-0.1, -0.05) is 44.2 Å². The maximum absolute atomic E-state index is 11.8. The van der Waals surface area contributed by atoms with E-state index in [4.69, 9.17) is 0 Å². The minimum atomic E-state index is -1.05. The summed E-state index contributed by atoms with van der Waals surface area (Å²) in [5, 5.41) is 15.0. The molecular weight excluding hydrogens is 256 g/mol. The lowest BCUT2D eigenvalue weighted by Gasteiger charge is -2.15. The maximum Gasteiger partial charge on any atom is 0.330 e. The fraction of sp³-hybridized carbons (Fsp3) is 0.467. The van der Waals surface area contributed by atoms with Crippen molar-refractivity contribution in [3.05, 3.63) is 35.9 Å². The number of carboxylic acids is 1. The van der Waals surface area contributed by atoms with Crippen LogP contribution in [0.5, 0.6) is 0 Å². The van der Waals surface area contributed by atoms with Gasteiger partial charge in [-0.3, -0.25) is 4.79 Å². The van der Waals surface area contributed by atoms with Crippen molar-refractivity contribution in [3.63, 3.8) is 0 Å². The number of hydrogen-bond acceptors (Lipinski definition) is 3. The first-order valence-corrected chi connectivity index (χ1v) is 6.81. The largest absolute Gasteiger partial charge is 0.479 e. The molecule has 1 rings (SSSR count). The summed E-state index contributed by atoms with van der Waals surface area (Å²) in [4.78, 5) is 23.0. The lowest BCUT2D eigenvalue weighted by Crippen LogP contribution is -2.34. The number of amides is 1. The third-order valence-electron chi connectivity index (χ3n) is 2.82. The first-order valence-electron chi connectivity index (χ1n) is 6.81. The second kappa shape index (κ2) is 8.32. The SMILES string of the molecule is CC(C)NCCCC(=O)NC(C(=O)O)c1ccccc1. The van der Waals surface area contributed by atoms with Gasteiger partial charge >= 0.3 is 5.97 Å². The molecule has 20 heavy (non-hydrogen) atoms. The van der Waals surface area contributed by atoms with E-state index in [0.717, 1.165) is 6.54 Å². The van der Waals surface area contributed by atoms with Crippen LogP contribution in [0.15, 0.2) is 30.3 Å². The summed E-state index contributed by atoms with van der Waals surface area (Å²) < 4.78 is 0. The highest BCUT2D eigenvalue weighted by Crippen LogP contribution is 2.12. The van der Waals surface area contributed by atoms with Crippen molar-refractivity contribution in [2.24, 2.45) is 0 Å². The monoisotopic (exact) mass is 278 g/mol. The molecule has 5 heteroatoms. The Morgan fingerprint density at radius 1 is 1.20 bits per heavy atom. The number of hydrogen-bond donors (Lipinski definition) is 3. The second-order valence-electron chi connectivity index (χ2n) is 4.96. The van der Waals surface area contributed by atoms with E-state index in [0.29, 0.717) is 24.4 Å². The molecule has 1 unspecified atom stereocenters. The van der Waals surface area contributed by atoms with E-state index in [1.165, 1.54) is 0 Å². The van der Waals surface area contributed by atoms with Crippen LogP contribution >= 0.6 is 0 Å².